The van der Waals surface area contributed by atoms with Crippen LogP contribution in [0.1, 0.15) is 15.7 Å². The number of thiol groups is 1. The van der Waals surface area contributed by atoms with Gasteiger partial charge in [0.15, 0.2) is 0 Å². The van der Waals surface area contributed by atoms with Gasteiger partial charge in [-0.25, -0.2) is 0 Å². The van der Waals surface area contributed by atoms with Crippen LogP contribution in [0.2, 0.25) is 0 Å². The van der Waals surface area contributed by atoms with E-state index in [1.165, 1.54) is 11.0 Å². The topological polar surface area (TPSA) is 62.9 Å². The van der Waals surface area contributed by atoms with E-state index in [9.17, 15) is 9.59 Å². The van der Waals surface area contributed by atoms with Crippen LogP contribution >= 0.6 is 24.2 Å². The standard InChI is InChI=1S/C7H5N2O2S2/c1-9-7(11)4(2-8)6(13-9)5(12)3-10/h5,12H,1H3. The van der Waals surface area contributed by atoms with Crippen LogP contribution in [-0.4, -0.2) is 10.2 Å². The number of hydrogen-bond acceptors (Lipinski definition) is 5. The second-order valence-corrected chi connectivity index (χ2v) is 3.95. The van der Waals surface area contributed by atoms with Crippen LogP contribution in [0.3, 0.4) is 0 Å². The lowest BCUT2D eigenvalue weighted by molar-refractivity contribution is 0.555. The van der Waals surface area contributed by atoms with Crippen molar-refractivity contribution < 1.29 is 4.79 Å². The average molecular weight is 213 g/mol. The number of hydrogen-bond donors (Lipinski definition) is 1. The molecule has 1 heterocycles. The lowest BCUT2D eigenvalue weighted by Gasteiger charge is -1.94. The van der Waals surface area contributed by atoms with Gasteiger partial charge in [-0.2, -0.15) is 17.9 Å². The van der Waals surface area contributed by atoms with Gasteiger partial charge in [-0.05, 0) is 0 Å². The van der Waals surface area contributed by atoms with Gasteiger partial charge in [-0.1, -0.05) is 11.5 Å². The van der Waals surface area contributed by atoms with Crippen LogP contribution in [0.5, 0.6) is 0 Å². The minimum atomic E-state index is -0.812. The van der Waals surface area contributed by atoms with Crippen molar-refractivity contribution in [2.45, 2.75) is 5.25 Å². The van der Waals surface area contributed by atoms with Crippen molar-refractivity contribution in [1.29, 1.82) is 5.26 Å². The molecule has 0 amide bonds. The summed E-state index contributed by atoms with van der Waals surface area (Å²) in [4.78, 5) is 21.9. The zero-order valence-electron chi connectivity index (χ0n) is 6.64. The number of rotatable bonds is 2. The van der Waals surface area contributed by atoms with Crippen molar-refractivity contribution in [3.63, 3.8) is 0 Å². The van der Waals surface area contributed by atoms with E-state index >= 15 is 0 Å². The van der Waals surface area contributed by atoms with Gasteiger partial charge in [0, 0.05) is 7.05 Å². The van der Waals surface area contributed by atoms with Gasteiger partial charge in [-0.3, -0.25) is 13.5 Å². The van der Waals surface area contributed by atoms with E-state index in [0.717, 1.165) is 11.5 Å². The number of aromatic nitrogens is 1. The summed E-state index contributed by atoms with van der Waals surface area (Å²) in [7, 11) is 1.53. The second kappa shape index (κ2) is 3.77. The highest BCUT2D eigenvalue weighted by molar-refractivity contribution is 7.81. The first kappa shape index (κ1) is 10.0. The Morgan fingerprint density at radius 2 is 2.31 bits per heavy atom. The van der Waals surface area contributed by atoms with E-state index in [-0.39, 0.29) is 5.56 Å². The highest BCUT2D eigenvalue weighted by Crippen LogP contribution is 2.23. The molecule has 1 rings (SSSR count). The van der Waals surface area contributed by atoms with Gasteiger partial charge in [-0.15, -0.1) is 0 Å². The van der Waals surface area contributed by atoms with Crippen molar-refractivity contribution in [3.05, 3.63) is 20.8 Å². The highest BCUT2D eigenvalue weighted by Gasteiger charge is 2.18. The molecule has 13 heavy (non-hydrogen) atoms. The zero-order chi connectivity index (χ0) is 10.0. The minimum absolute atomic E-state index is 0.0177. The van der Waals surface area contributed by atoms with Crippen molar-refractivity contribution in [2.75, 3.05) is 0 Å². The van der Waals surface area contributed by atoms with E-state index < -0.39 is 10.8 Å². The molecule has 0 fully saturated rings. The van der Waals surface area contributed by atoms with Gasteiger partial charge in [0.05, 0.1) is 4.88 Å². The van der Waals surface area contributed by atoms with Crippen molar-refractivity contribution >= 4 is 30.4 Å². The molecule has 1 atom stereocenters. The Labute approximate surface area is 84.0 Å². The average Bonchev–Trinajstić information content (AvgIpc) is 2.42. The first-order chi connectivity index (χ1) is 6.11. The Hall–Kier alpha value is -1.06. The summed E-state index contributed by atoms with van der Waals surface area (Å²) in [6, 6.07) is 1.75. The molecule has 67 valence electrons. The molecule has 1 radical (unpaired) electrons. The van der Waals surface area contributed by atoms with Crippen LogP contribution in [0.25, 0.3) is 0 Å². The summed E-state index contributed by atoms with van der Waals surface area (Å²) in [5.41, 5.74) is -0.410. The Kier molecular flexibility index (Phi) is 2.90. The predicted octanol–water partition coefficient (Wildman–Crippen LogP) is 0.399. The molecular weight excluding hydrogens is 208 g/mol. The molecule has 0 aromatic carbocycles. The maximum atomic E-state index is 11.2. The van der Waals surface area contributed by atoms with Crippen LogP contribution in [0.4, 0.5) is 0 Å². The lowest BCUT2D eigenvalue weighted by atomic mass is 10.2. The largest absolute Gasteiger partial charge is 0.289 e. The number of aryl methyl sites for hydroxylation is 1. The van der Waals surface area contributed by atoms with Crippen LogP contribution in [0, 0.1) is 11.3 Å². The quantitative estimate of drug-likeness (QED) is 0.723. The third-order valence-electron chi connectivity index (χ3n) is 1.45. The van der Waals surface area contributed by atoms with Gasteiger partial charge in [0.25, 0.3) is 5.56 Å². The third kappa shape index (κ3) is 1.66. The molecule has 4 nitrogen and oxygen atoms in total. The summed E-state index contributed by atoms with van der Waals surface area (Å²) in [5.74, 6) is 0. The van der Waals surface area contributed by atoms with Gasteiger partial charge < -0.3 is 0 Å². The SMILES string of the molecule is Cn1sc(C(S)[C]=O)c(C#N)c1=O. The highest BCUT2D eigenvalue weighted by atomic mass is 32.1. The molecular formula is C7H5N2O2S2. The first-order valence-corrected chi connectivity index (χ1v) is 4.56. The van der Waals surface area contributed by atoms with Crippen molar-refractivity contribution in [2.24, 2.45) is 7.05 Å². The number of nitrogens with zero attached hydrogens (tertiary/aromatic N) is 2. The lowest BCUT2D eigenvalue weighted by Crippen LogP contribution is -2.11. The monoisotopic (exact) mass is 213 g/mol. The molecule has 0 aliphatic heterocycles. The fourth-order valence-electron chi connectivity index (χ4n) is 0.841. The summed E-state index contributed by atoms with van der Waals surface area (Å²) >= 11 is 4.93. The molecule has 1 aromatic heterocycles. The molecule has 0 aliphatic rings. The molecule has 1 unspecified atom stereocenters. The van der Waals surface area contributed by atoms with Crippen molar-refractivity contribution in [3.8, 4) is 6.07 Å². The number of nitriles is 1. The second-order valence-electron chi connectivity index (χ2n) is 2.27. The molecule has 0 spiro atoms. The van der Waals surface area contributed by atoms with Crippen LogP contribution in [-0.2, 0) is 11.8 Å². The summed E-state index contributed by atoms with van der Waals surface area (Å²) in [6.07, 6.45) is 1.62. The Morgan fingerprint density at radius 1 is 1.69 bits per heavy atom. The van der Waals surface area contributed by atoms with Gasteiger partial charge in [0.2, 0.25) is 6.29 Å². The predicted molar refractivity (Wildman–Crippen MR) is 51.7 cm³/mol. The van der Waals surface area contributed by atoms with E-state index in [1.807, 2.05) is 0 Å². The van der Waals surface area contributed by atoms with Gasteiger partial charge in [0.1, 0.15) is 16.9 Å². The summed E-state index contributed by atoms with van der Waals surface area (Å²) in [6.45, 7) is 0. The molecule has 0 saturated heterocycles. The smallest absolute Gasteiger partial charge is 0.278 e. The van der Waals surface area contributed by atoms with E-state index in [4.69, 9.17) is 5.26 Å². The molecule has 0 N–H and O–H groups in total. The van der Waals surface area contributed by atoms with Crippen LogP contribution < -0.4 is 5.56 Å². The third-order valence-corrected chi connectivity index (χ3v) is 3.07. The Bertz CT molecular complexity index is 427. The summed E-state index contributed by atoms with van der Waals surface area (Å²) in [5, 5.41) is 7.83. The molecule has 1 aromatic rings. The Morgan fingerprint density at radius 3 is 2.77 bits per heavy atom. The van der Waals surface area contributed by atoms with E-state index in [0.29, 0.717) is 4.88 Å². The summed E-state index contributed by atoms with van der Waals surface area (Å²) < 4.78 is 1.29. The Balaban J connectivity index is 3.40. The first-order valence-electron chi connectivity index (χ1n) is 3.27. The van der Waals surface area contributed by atoms with E-state index in [1.54, 1.807) is 12.4 Å². The van der Waals surface area contributed by atoms with Crippen LogP contribution in [0.15, 0.2) is 4.79 Å². The maximum absolute atomic E-state index is 11.2. The normalized spacial score (nSPS) is 12.1. The van der Waals surface area contributed by atoms with Gasteiger partial charge >= 0.3 is 0 Å². The van der Waals surface area contributed by atoms with E-state index in [2.05, 4.69) is 12.6 Å². The number of carbonyl (C=O) groups excluding carboxylic acids is 1. The molecule has 0 bridgehead atoms. The fraction of sp³-hybridized carbons (Fsp3) is 0.286. The molecule has 0 aliphatic carbocycles. The molecule has 0 saturated carbocycles. The molecule has 6 heteroatoms. The van der Waals surface area contributed by atoms with Crippen molar-refractivity contribution in [1.82, 2.24) is 3.96 Å². The zero-order valence-corrected chi connectivity index (χ0v) is 8.35. The fourth-order valence-corrected chi connectivity index (χ4v) is 1.95. The minimum Gasteiger partial charge on any atom is -0.289 e. The maximum Gasteiger partial charge on any atom is 0.278 e.